The highest BCUT2D eigenvalue weighted by molar-refractivity contribution is 7.80. The Balaban J connectivity index is 1.85. The Morgan fingerprint density at radius 2 is 1.70 bits per heavy atom. The van der Waals surface area contributed by atoms with Gasteiger partial charge in [-0.3, -0.25) is 10.1 Å². The highest BCUT2D eigenvalue weighted by atomic mass is 32.1. The van der Waals surface area contributed by atoms with Gasteiger partial charge in [-0.05, 0) is 42.0 Å². The van der Waals surface area contributed by atoms with Crippen molar-refractivity contribution >= 4 is 23.2 Å². The van der Waals surface area contributed by atoms with Crippen LogP contribution in [0.4, 0.5) is 4.39 Å². The van der Waals surface area contributed by atoms with Crippen LogP contribution in [-0.2, 0) is 6.54 Å². The van der Waals surface area contributed by atoms with Crippen molar-refractivity contribution in [3.63, 3.8) is 0 Å². The SMILES string of the molecule is O=C(NC(=S)NCc1ccccc1)c1ccc(F)cc1. The third-order valence-electron chi connectivity index (χ3n) is 2.63. The van der Waals surface area contributed by atoms with Gasteiger partial charge >= 0.3 is 0 Å². The smallest absolute Gasteiger partial charge is 0.257 e. The van der Waals surface area contributed by atoms with Gasteiger partial charge in [0.2, 0.25) is 0 Å². The molecule has 0 unspecified atom stereocenters. The summed E-state index contributed by atoms with van der Waals surface area (Å²) in [5, 5.41) is 5.72. The van der Waals surface area contributed by atoms with Gasteiger partial charge in [0.05, 0.1) is 0 Å². The average Bonchev–Trinajstić information content (AvgIpc) is 2.47. The molecule has 0 saturated heterocycles. The zero-order chi connectivity index (χ0) is 14.4. The number of carbonyl (C=O) groups excluding carboxylic acids is 1. The Morgan fingerprint density at radius 1 is 1.05 bits per heavy atom. The number of thiocarbonyl (C=S) groups is 1. The highest BCUT2D eigenvalue weighted by Gasteiger charge is 2.07. The molecule has 0 atom stereocenters. The van der Waals surface area contributed by atoms with E-state index >= 15 is 0 Å². The minimum Gasteiger partial charge on any atom is -0.358 e. The van der Waals surface area contributed by atoms with E-state index in [1.54, 1.807) is 0 Å². The first-order chi connectivity index (χ1) is 9.65. The van der Waals surface area contributed by atoms with Gasteiger partial charge in [-0.1, -0.05) is 30.3 Å². The first kappa shape index (κ1) is 14.1. The fourth-order valence-corrected chi connectivity index (χ4v) is 1.76. The molecule has 0 aliphatic carbocycles. The number of hydrogen-bond acceptors (Lipinski definition) is 2. The molecule has 2 aromatic rings. The normalized spacial score (nSPS) is 9.85. The topological polar surface area (TPSA) is 41.1 Å². The Hall–Kier alpha value is -2.27. The molecule has 0 aliphatic heterocycles. The lowest BCUT2D eigenvalue weighted by molar-refractivity contribution is 0.0976. The number of hydrogen-bond donors (Lipinski definition) is 2. The molecule has 2 rings (SSSR count). The molecule has 0 heterocycles. The molecule has 3 nitrogen and oxygen atoms in total. The van der Waals surface area contributed by atoms with E-state index in [0.717, 1.165) is 5.56 Å². The van der Waals surface area contributed by atoms with Crippen molar-refractivity contribution in [2.75, 3.05) is 0 Å². The van der Waals surface area contributed by atoms with Crippen molar-refractivity contribution in [2.24, 2.45) is 0 Å². The lowest BCUT2D eigenvalue weighted by Crippen LogP contribution is -2.38. The summed E-state index contributed by atoms with van der Waals surface area (Å²) in [6.07, 6.45) is 0. The number of carbonyl (C=O) groups is 1. The van der Waals surface area contributed by atoms with Gasteiger partial charge in [0.25, 0.3) is 5.91 Å². The monoisotopic (exact) mass is 288 g/mol. The van der Waals surface area contributed by atoms with E-state index in [0.29, 0.717) is 12.1 Å². The predicted octanol–water partition coefficient (Wildman–Crippen LogP) is 2.63. The number of amides is 1. The Morgan fingerprint density at radius 3 is 2.35 bits per heavy atom. The van der Waals surface area contributed by atoms with Gasteiger partial charge in [0, 0.05) is 12.1 Å². The maximum atomic E-state index is 12.8. The summed E-state index contributed by atoms with van der Waals surface area (Å²) in [5.74, 6) is -0.748. The largest absolute Gasteiger partial charge is 0.358 e. The van der Waals surface area contributed by atoms with Gasteiger partial charge in [-0.25, -0.2) is 4.39 Å². The molecule has 0 aliphatic rings. The number of rotatable bonds is 3. The Kier molecular flexibility index (Phi) is 4.79. The maximum absolute atomic E-state index is 12.8. The van der Waals surface area contributed by atoms with Gasteiger partial charge in [-0.15, -0.1) is 0 Å². The summed E-state index contributed by atoms with van der Waals surface area (Å²) in [5.41, 5.74) is 1.42. The number of halogens is 1. The van der Waals surface area contributed by atoms with Crippen LogP contribution >= 0.6 is 12.2 Å². The summed E-state index contributed by atoms with van der Waals surface area (Å²) in [7, 11) is 0. The molecule has 102 valence electrons. The van der Waals surface area contributed by atoms with Crippen molar-refractivity contribution in [3.8, 4) is 0 Å². The molecule has 0 fully saturated rings. The van der Waals surface area contributed by atoms with Crippen LogP contribution < -0.4 is 10.6 Å². The van der Waals surface area contributed by atoms with Crippen LogP contribution in [0.25, 0.3) is 0 Å². The van der Waals surface area contributed by atoms with E-state index in [2.05, 4.69) is 10.6 Å². The molecule has 0 radical (unpaired) electrons. The number of benzene rings is 2. The van der Waals surface area contributed by atoms with Crippen LogP contribution in [0.15, 0.2) is 54.6 Å². The highest BCUT2D eigenvalue weighted by Crippen LogP contribution is 2.02. The first-order valence-corrected chi connectivity index (χ1v) is 6.44. The first-order valence-electron chi connectivity index (χ1n) is 6.04. The van der Waals surface area contributed by atoms with Crippen molar-refractivity contribution in [3.05, 3.63) is 71.5 Å². The fourth-order valence-electron chi connectivity index (χ4n) is 1.60. The standard InChI is InChI=1S/C15H13FN2OS/c16-13-8-6-12(7-9-13)14(19)18-15(20)17-10-11-4-2-1-3-5-11/h1-9H,10H2,(H2,17,18,19,20). The molecule has 0 spiro atoms. The van der Waals surface area contributed by atoms with Crippen molar-refractivity contribution in [1.82, 2.24) is 10.6 Å². The lowest BCUT2D eigenvalue weighted by atomic mass is 10.2. The van der Waals surface area contributed by atoms with Gasteiger partial charge in [0.1, 0.15) is 5.82 Å². The van der Waals surface area contributed by atoms with Gasteiger partial charge in [-0.2, -0.15) is 0 Å². The fraction of sp³-hybridized carbons (Fsp3) is 0.0667. The van der Waals surface area contributed by atoms with Crippen LogP contribution in [-0.4, -0.2) is 11.0 Å². The van der Waals surface area contributed by atoms with Crippen LogP contribution in [0, 0.1) is 5.82 Å². The van der Waals surface area contributed by atoms with Crippen LogP contribution in [0.3, 0.4) is 0 Å². The summed E-state index contributed by atoms with van der Waals surface area (Å²) in [4.78, 5) is 11.8. The second-order valence-electron chi connectivity index (χ2n) is 4.13. The predicted molar refractivity (Wildman–Crippen MR) is 79.7 cm³/mol. The maximum Gasteiger partial charge on any atom is 0.257 e. The number of nitrogens with one attached hydrogen (secondary N) is 2. The molecule has 5 heteroatoms. The van der Waals surface area contributed by atoms with Gasteiger partial charge in [0.15, 0.2) is 5.11 Å². The van der Waals surface area contributed by atoms with E-state index in [1.807, 2.05) is 30.3 Å². The summed E-state index contributed by atoms with van der Waals surface area (Å²) >= 11 is 5.04. The molecular formula is C15H13FN2OS. The van der Waals surface area contributed by atoms with Crippen LogP contribution in [0.5, 0.6) is 0 Å². The molecule has 2 N–H and O–H groups in total. The van der Waals surface area contributed by atoms with E-state index in [1.165, 1.54) is 24.3 Å². The van der Waals surface area contributed by atoms with Crippen molar-refractivity contribution in [1.29, 1.82) is 0 Å². The van der Waals surface area contributed by atoms with E-state index < -0.39 is 0 Å². The molecule has 20 heavy (non-hydrogen) atoms. The average molecular weight is 288 g/mol. The van der Waals surface area contributed by atoms with Crippen molar-refractivity contribution in [2.45, 2.75) is 6.54 Å². The zero-order valence-corrected chi connectivity index (χ0v) is 11.4. The molecule has 0 bridgehead atoms. The molecule has 0 saturated carbocycles. The minimum absolute atomic E-state index is 0.239. The summed E-state index contributed by atoms with van der Waals surface area (Å²) in [6, 6.07) is 15.0. The minimum atomic E-state index is -0.383. The van der Waals surface area contributed by atoms with E-state index in [9.17, 15) is 9.18 Å². The summed E-state index contributed by atoms with van der Waals surface area (Å²) in [6.45, 7) is 0.531. The Labute approximate surface area is 121 Å². The zero-order valence-electron chi connectivity index (χ0n) is 10.6. The second-order valence-corrected chi connectivity index (χ2v) is 4.54. The third-order valence-corrected chi connectivity index (χ3v) is 2.88. The van der Waals surface area contributed by atoms with Crippen LogP contribution in [0.2, 0.25) is 0 Å². The van der Waals surface area contributed by atoms with Crippen LogP contribution in [0.1, 0.15) is 15.9 Å². The Bertz CT molecular complexity index is 599. The van der Waals surface area contributed by atoms with Gasteiger partial charge < -0.3 is 5.32 Å². The van der Waals surface area contributed by atoms with Crippen molar-refractivity contribution < 1.29 is 9.18 Å². The molecule has 0 aromatic heterocycles. The second kappa shape index (κ2) is 6.77. The quantitative estimate of drug-likeness (QED) is 0.853. The van der Waals surface area contributed by atoms with E-state index in [-0.39, 0.29) is 16.8 Å². The third kappa shape index (κ3) is 4.13. The summed E-state index contributed by atoms with van der Waals surface area (Å²) < 4.78 is 12.8. The molecular weight excluding hydrogens is 275 g/mol. The van der Waals surface area contributed by atoms with E-state index in [4.69, 9.17) is 12.2 Å². The molecule has 1 amide bonds. The molecule has 2 aromatic carbocycles. The lowest BCUT2D eigenvalue weighted by Gasteiger charge is -2.09.